The summed E-state index contributed by atoms with van der Waals surface area (Å²) in [5, 5.41) is 5.92. The van der Waals surface area contributed by atoms with Crippen LogP contribution in [0.5, 0.6) is 0 Å². The maximum absolute atomic E-state index is 4.20. The van der Waals surface area contributed by atoms with Crippen molar-refractivity contribution >= 4 is 32.1 Å². The smallest absolute Gasteiger partial charge is 0.0167 e. The van der Waals surface area contributed by atoms with E-state index in [-0.39, 0.29) is 0 Å². The summed E-state index contributed by atoms with van der Waals surface area (Å²) >= 11 is 0.488. The first-order chi connectivity index (χ1) is 6.74. The molecule has 0 aromatic carbocycles. The van der Waals surface area contributed by atoms with Crippen LogP contribution in [-0.4, -0.2) is 53.1 Å². The molecule has 14 heavy (non-hydrogen) atoms. The Morgan fingerprint density at radius 1 is 1.29 bits per heavy atom. The van der Waals surface area contributed by atoms with E-state index in [9.17, 15) is 0 Å². The quantitative estimate of drug-likeness (QED) is 0.713. The molecule has 0 aliphatic heterocycles. The number of hydrogen-bond acceptors (Lipinski definition) is 4. The summed E-state index contributed by atoms with van der Waals surface area (Å²) in [5.41, 5.74) is 0. The molecule has 0 aliphatic rings. The number of nitrogens with one attached hydrogen (secondary N) is 2. The van der Waals surface area contributed by atoms with Crippen molar-refractivity contribution in [1.29, 1.82) is 0 Å². The first-order valence-electron chi connectivity index (χ1n) is 4.85. The molecule has 0 bridgehead atoms. The molecule has 0 aliphatic carbocycles. The van der Waals surface area contributed by atoms with Crippen molar-refractivity contribution < 1.29 is 0 Å². The van der Waals surface area contributed by atoms with Gasteiger partial charge >= 0.3 is 79.6 Å². The Morgan fingerprint density at radius 2 is 1.93 bits per heavy atom. The fourth-order valence-electron chi connectivity index (χ4n) is 0.737. The molecule has 0 fully saturated rings. The van der Waals surface area contributed by atoms with E-state index in [1.165, 1.54) is 0 Å². The van der Waals surface area contributed by atoms with Crippen LogP contribution in [0.15, 0.2) is 12.4 Å². The molecule has 0 amide bonds. The van der Waals surface area contributed by atoms with Gasteiger partial charge in [0.2, 0.25) is 0 Å². The molecule has 0 saturated carbocycles. The number of nitrogens with zero attached hydrogens (tertiary/aromatic N) is 2. The maximum Gasteiger partial charge on any atom is -0.0167 e. The number of hydrogen-bond donors (Lipinski definition) is 2. The monoisotopic (exact) mass is 304 g/mol. The van der Waals surface area contributed by atoms with Crippen LogP contribution in [0.3, 0.4) is 0 Å². The summed E-state index contributed by atoms with van der Waals surface area (Å²) in [5.74, 6) is 0.892. The topological polar surface area (TPSA) is 49.8 Å². The predicted molar refractivity (Wildman–Crippen MR) is 65.4 cm³/mol. The fraction of sp³-hybridized carbons (Fsp3) is 0.556. The summed E-state index contributed by atoms with van der Waals surface area (Å²) in [6.07, 6.45) is 4.78. The second kappa shape index (κ2) is 9.20. The van der Waals surface area contributed by atoms with E-state index in [0.29, 0.717) is 22.5 Å². The molecule has 4 nitrogen and oxygen atoms in total. The Labute approximate surface area is 99.0 Å². The molecular weight excluding hydrogens is 283 g/mol. The molecule has 1 aromatic rings. The van der Waals surface area contributed by atoms with Gasteiger partial charge in [-0.3, -0.25) is 0 Å². The maximum atomic E-state index is 4.20. The molecule has 0 saturated heterocycles. The van der Waals surface area contributed by atoms with E-state index in [0.717, 1.165) is 22.5 Å². The van der Waals surface area contributed by atoms with Crippen molar-refractivity contribution in [2.75, 3.05) is 26.0 Å². The molecule has 80 valence electrons. The molecule has 5 heteroatoms. The third-order valence-corrected chi connectivity index (χ3v) is 2.81. The van der Waals surface area contributed by atoms with E-state index in [2.05, 4.69) is 27.5 Å². The summed E-state index contributed by atoms with van der Waals surface area (Å²) in [6.45, 7) is 3.10. The Bertz CT molecular complexity index is 225. The van der Waals surface area contributed by atoms with Gasteiger partial charge < -0.3 is 5.32 Å². The minimum absolute atomic E-state index is 0.488. The largest absolute Gasteiger partial charge is 0.323 e. The molecule has 2 N–H and O–H groups in total. The van der Waals surface area contributed by atoms with Crippen molar-refractivity contribution in [3.8, 4) is 0 Å². The predicted octanol–water partition coefficient (Wildman–Crippen LogP) is -0.875. The molecule has 1 rings (SSSR count). The number of rotatable bonds is 3. The van der Waals surface area contributed by atoms with Crippen molar-refractivity contribution in [3.05, 3.63) is 12.4 Å². The van der Waals surface area contributed by atoms with Crippen LogP contribution in [0.1, 0.15) is 13.3 Å². The minimum atomic E-state index is 0.488. The average Bonchev–Trinajstić information content (AvgIpc) is 2.18. The third kappa shape index (κ3) is 7.08. The summed E-state index contributed by atoms with van der Waals surface area (Å²) in [4.78, 5) is 8.40. The van der Waals surface area contributed by atoms with Gasteiger partial charge in [-0.15, -0.1) is 0 Å². The second-order valence-corrected chi connectivity index (χ2v) is 5.89. The van der Waals surface area contributed by atoms with Crippen molar-refractivity contribution in [2.24, 2.45) is 0 Å². The first kappa shape index (κ1) is 13.6. The molecule has 0 unspecified atom stereocenters. The zero-order chi connectivity index (χ0) is 10.8. The van der Waals surface area contributed by atoms with Gasteiger partial charge in [-0.1, -0.05) is 0 Å². The molecule has 0 spiro atoms. The van der Waals surface area contributed by atoms with Gasteiger partial charge in [0, 0.05) is 0 Å². The Kier molecular flexibility index (Phi) is 8.97. The molecule has 1 aromatic heterocycles. The average molecular weight is 303 g/mol. The van der Waals surface area contributed by atoms with E-state index >= 15 is 0 Å². The zero-order valence-electron chi connectivity index (χ0n) is 9.46. The van der Waals surface area contributed by atoms with Crippen LogP contribution >= 0.6 is 0 Å². The SMILES string of the molecule is CCCNc1cn[c]([SnH3])cn1.CNC. The summed E-state index contributed by atoms with van der Waals surface area (Å²) < 4.78 is 1.16. The normalized spacial score (nSPS) is 9.07. The van der Waals surface area contributed by atoms with E-state index < -0.39 is 0 Å². The van der Waals surface area contributed by atoms with Crippen LogP contribution in [0.25, 0.3) is 0 Å². The third-order valence-electron chi connectivity index (χ3n) is 1.34. The standard InChI is InChI=1S/C7H10N3.C2H7N.Sn.3H/c1-2-3-9-7-6-8-4-5-10-7;1-3-2;;;;/h5-6H,2-3H2,1H3,(H,9,10);3H,1-2H3;;;;. The summed E-state index contributed by atoms with van der Waals surface area (Å²) in [7, 11) is 3.75. The van der Waals surface area contributed by atoms with E-state index in [1.807, 2.05) is 26.5 Å². The molecule has 0 radical (unpaired) electrons. The Balaban J connectivity index is 0.000000500. The van der Waals surface area contributed by atoms with Crippen molar-refractivity contribution in [2.45, 2.75) is 13.3 Å². The Morgan fingerprint density at radius 3 is 2.36 bits per heavy atom. The van der Waals surface area contributed by atoms with Gasteiger partial charge in [-0.25, -0.2) is 0 Å². The minimum Gasteiger partial charge on any atom is -0.323 e. The van der Waals surface area contributed by atoms with Crippen LogP contribution < -0.4 is 14.3 Å². The summed E-state index contributed by atoms with van der Waals surface area (Å²) in [6, 6.07) is 0. The van der Waals surface area contributed by atoms with Gasteiger partial charge in [-0.2, -0.15) is 0 Å². The number of anilines is 1. The van der Waals surface area contributed by atoms with Crippen LogP contribution in [0.2, 0.25) is 0 Å². The van der Waals surface area contributed by atoms with E-state index in [4.69, 9.17) is 0 Å². The van der Waals surface area contributed by atoms with Crippen LogP contribution in [0, 0.1) is 0 Å². The van der Waals surface area contributed by atoms with E-state index in [1.54, 1.807) is 0 Å². The first-order valence-corrected chi connectivity index (χ1v) is 7.71. The molecule has 1 heterocycles. The second-order valence-electron chi connectivity index (χ2n) is 2.97. The molecular formula is C9H20N4Sn. The molecule has 0 atom stereocenters. The van der Waals surface area contributed by atoms with Crippen LogP contribution in [0.4, 0.5) is 5.82 Å². The van der Waals surface area contributed by atoms with Gasteiger partial charge in [-0.05, 0) is 14.1 Å². The van der Waals surface area contributed by atoms with Crippen LogP contribution in [-0.2, 0) is 0 Å². The van der Waals surface area contributed by atoms with Gasteiger partial charge in [0.25, 0.3) is 0 Å². The Hall–Kier alpha value is -0.361. The van der Waals surface area contributed by atoms with Crippen molar-refractivity contribution in [1.82, 2.24) is 15.3 Å². The fourth-order valence-corrected chi connectivity index (χ4v) is 1.47. The van der Waals surface area contributed by atoms with Gasteiger partial charge in [0.1, 0.15) is 0 Å². The van der Waals surface area contributed by atoms with Gasteiger partial charge in [0.05, 0.1) is 0 Å². The zero-order valence-corrected chi connectivity index (χ0v) is 15.2. The van der Waals surface area contributed by atoms with Gasteiger partial charge in [0.15, 0.2) is 0 Å². The number of aromatic nitrogens is 2. The van der Waals surface area contributed by atoms with Crippen molar-refractivity contribution in [3.63, 3.8) is 0 Å².